The molecule has 3 aliphatic rings. The Labute approximate surface area is 279 Å². The van der Waals surface area contributed by atoms with Crippen molar-refractivity contribution in [2.45, 2.75) is 77.3 Å². The summed E-state index contributed by atoms with van der Waals surface area (Å²) in [6.07, 6.45) is 4.77. The quantitative estimate of drug-likeness (QED) is 0.311. The molecule has 1 aromatic heterocycles. The zero-order valence-corrected chi connectivity index (χ0v) is 27.5. The molecule has 0 saturated carbocycles. The Kier molecular flexibility index (Phi) is 11.1. The van der Waals surface area contributed by atoms with Crippen LogP contribution in [0.3, 0.4) is 0 Å². The van der Waals surface area contributed by atoms with Gasteiger partial charge in [-0.3, -0.25) is 28.7 Å². The minimum atomic E-state index is -0.987. The number of rotatable bonds is 6. The Bertz CT molecular complexity index is 1610. The van der Waals surface area contributed by atoms with Gasteiger partial charge in [0.25, 0.3) is 5.91 Å². The monoisotopic (exact) mass is 657 g/mol. The van der Waals surface area contributed by atoms with Gasteiger partial charge in [0.15, 0.2) is 6.61 Å². The van der Waals surface area contributed by atoms with E-state index in [-0.39, 0.29) is 31.4 Å². The van der Waals surface area contributed by atoms with E-state index in [2.05, 4.69) is 26.4 Å². The molecular formula is C35H43N7O6. The van der Waals surface area contributed by atoms with Crippen LogP contribution in [0.4, 0.5) is 0 Å². The van der Waals surface area contributed by atoms with Crippen molar-refractivity contribution in [3.05, 3.63) is 83.7 Å². The molecule has 0 unspecified atom stereocenters. The lowest BCUT2D eigenvalue weighted by atomic mass is 10.0. The van der Waals surface area contributed by atoms with Crippen molar-refractivity contribution in [2.75, 3.05) is 13.2 Å². The van der Waals surface area contributed by atoms with Crippen LogP contribution in [-0.2, 0) is 43.5 Å². The Morgan fingerprint density at radius 2 is 1.73 bits per heavy atom. The van der Waals surface area contributed by atoms with E-state index >= 15 is 0 Å². The van der Waals surface area contributed by atoms with E-state index in [1.807, 2.05) is 50.4 Å². The third kappa shape index (κ3) is 8.58. The molecule has 1 saturated heterocycles. The van der Waals surface area contributed by atoms with Gasteiger partial charge in [-0.25, -0.2) is 0 Å². The summed E-state index contributed by atoms with van der Waals surface area (Å²) in [4.78, 5) is 68.4. The van der Waals surface area contributed by atoms with Crippen LogP contribution in [0.1, 0.15) is 50.3 Å². The third-order valence-electron chi connectivity index (χ3n) is 8.67. The highest BCUT2D eigenvalue weighted by Gasteiger charge is 2.39. The van der Waals surface area contributed by atoms with Gasteiger partial charge >= 0.3 is 0 Å². The topological polar surface area (TPSA) is 164 Å². The minimum Gasteiger partial charge on any atom is -0.484 e. The number of benzene rings is 2. The summed E-state index contributed by atoms with van der Waals surface area (Å²) in [5.41, 5.74) is 2.64. The zero-order chi connectivity index (χ0) is 34.2. The van der Waals surface area contributed by atoms with Crippen LogP contribution in [-0.4, -0.2) is 81.5 Å². The first-order valence-electron chi connectivity index (χ1n) is 16.3. The summed E-state index contributed by atoms with van der Waals surface area (Å²) in [6.45, 7) is 6.00. The summed E-state index contributed by atoms with van der Waals surface area (Å²) in [7, 11) is 0. The fourth-order valence-corrected chi connectivity index (χ4v) is 5.96. The minimum absolute atomic E-state index is 0.162. The van der Waals surface area contributed by atoms with Crippen LogP contribution in [0.5, 0.6) is 5.75 Å². The van der Waals surface area contributed by atoms with E-state index in [0.717, 1.165) is 16.7 Å². The lowest BCUT2D eigenvalue weighted by Gasteiger charge is -2.31. The molecule has 3 aliphatic heterocycles. The second-order valence-corrected chi connectivity index (χ2v) is 12.6. The van der Waals surface area contributed by atoms with Crippen molar-refractivity contribution < 1.29 is 28.7 Å². The van der Waals surface area contributed by atoms with E-state index in [0.29, 0.717) is 31.7 Å². The molecule has 6 rings (SSSR count). The number of fused-ring (bicyclic) bond motifs is 13. The molecule has 254 valence electrons. The Morgan fingerprint density at radius 3 is 2.44 bits per heavy atom. The Hall–Kier alpha value is -5.20. The Balaban J connectivity index is 1.35. The average Bonchev–Trinajstić information content (AvgIpc) is 3.78. The van der Waals surface area contributed by atoms with Gasteiger partial charge in [-0.15, -0.1) is 0 Å². The molecule has 4 heterocycles. The number of hydrogen-bond acceptors (Lipinski definition) is 7. The van der Waals surface area contributed by atoms with E-state index in [4.69, 9.17) is 4.74 Å². The highest BCUT2D eigenvalue weighted by atomic mass is 16.5. The first-order chi connectivity index (χ1) is 23.1. The van der Waals surface area contributed by atoms with Gasteiger partial charge in [0, 0.05) is 31.9 Å². The average molecular weight is 658 g/mol. The van der Waals surface area contributed by atoms with Gasteiger partial charge in [-0.2, -0.15) is 5.10 Å². The number of carbonyl (C=O) groups excluding carboxylic acids is 5. The number of nitrogens with zero attached hydrogens (tertiary/aromatic N) is 3. The van der Waals surface area contributed by atoms with Crippen LogP contribution in [0.15, 0.2) is 67.0 Å². The molecule has 2 aromatic carbocycles. The first-order valence-corrected chi connectivity index (χ1v) is 16.3. The maximum Gasteiger partial charge on any atom is 0.258 e. The number of ether oxygens (including phenoxy) is 1. The van der Waals surface area contributed by atoms with Crippen LogP contribution in [0, 0.1) is 5.92 Å². The predicted molar refractivity (Wildman–Crippen MR) is 176 cm³/mol. The van der Waals surface area contributed by atoms with Gasteiger partial charge in [0.05, 0.1) is 6.54 Å². The van der Waals surface area contributed by atoms with E-state index in [1.54, 1.807) is 42.1 Å². The van der Waals surface area contributed by atoms with Gasteiger partial charge < -0.3 is 30.9 Å². The second-order valence-electron chi connectivity index (χ2n) is 12.6. The SMILES string of the molecule is CC(C)[C@H]1NC(=O)COc2ccc(cc2)C[C@@H](C(=O)NCc2ccccc2Cn2cccn2)NC(=O)[C@H](C)NC(=O)[C@@H]2CCCN2C1=O. The van der Waals surface area contributed by atoms with Gasteiger partial charge in [-0.1, -0.05) is 50.2 Å². The molecule has 0 aliphatic carbocycles. The molecule has 0 radical (unpaired) electrons. The van der Waals surface area contributed by atoms with Gasteiger partial charge in [0.1, 0.15) is 29.9 Å². The normalized spacial score (nSPS) is 22.5. The lowest BCUT2D eigenvalue weighted by molar-refractivity contribution is -0.143. The van der Waals surface area contributed by atoms with Crippen LogP contribution < -0.4 is 26.0 Å². The fourth-order valence-electron chi connectivity index (χ4n) is 5.96. The molecule has 5 amide bonds. The highest BCUT2D eigenvalue weighted by molar-refractivity contribution is 5.96. The van der Waals surface area contributed by atoms with E-state index in [1.165, 1.54) is 4.90 Å². The molecule has 13 heteroatoms. The van der Waals surface area contributed by atoms with E-state index < -0.39 is 47.8 Å². The van der Waals surface area contributed by atoms with Crippen LogP contribution in [0.2, 0.25) is 0 Å². The number of hydrogen-bond donors (Lipinski definition) is 4. The smallest absolute Gasteiger partial charge is 0.258 e. The number of amides is 5. The number of carbonyl (C=O) groups is 5. The predicted octanol–water partition coefficient (Wildman–Crippen LogP) is 1.30. The molecule has 13 nitrogen and oxygen atoms in total. The molecule has 0 spiro atoms. The summed E-state index contributed by atoms with van der Waals surface area (Å²) in [5, 5.41) is 15.6. The van der Waals surface area contributed by atoms with Crippen molar-refractivity contribution in [3.8, 4) is 5.75 Å². The molecule has 3 aromatic rings. The van der Waals surface area contributed by atoms with Gasteiger partial charge in [0.2, 0.25) is 23.6 Å². The van der Waals surface area contributed by atoms with Gasteiger partial charge in [-0.05, 0) is 60.6 Å². The summed E-state index contributed by atoms with van der Waals surface area (Å²) < 4.78 is 7.49. The molecule has 48 heavy (non-hydrogen) atoms. The van der Waals surface area contributed by atoms with Crippen molar-refractivity contribution in [3.63, 3.8) is 0 Å². The van der Waals surface area contributed by atoms with Crippen molar-refractivity contribution in [1.29, 1.82) is 0 Å². The van der Waals surface area contributed by atoms with E-state index in [9.17, 15) is 24.0 Å². The first kappa shape index (κ1) is 34.1. The molecular weight excluding hydrogens is 614 g/mol. The van der Waals surface area contributed by atoms with Crippen molar-refractivity contribution in [1.82, 2.24) is 35.9 Å². The molecule has 2 bridgehead atoms. The molecule has 4 atom stereocenters. The number of nitrogens with one attached hydrogen (secondary N) is 4. The van der Waals surface area contributed by atoms with Crippen LogP contribution >= 0.6 is 0 Å². The largest absolute Gasteiger partial charge is 0.484 e. The zero-order valence-electron chi connectivity index (χ0n) is 27.5. The fraction of sp³-hybridized carbons (Fsp3) is 0.429. The molecule has 4 N–H and O–H groups in total. The highest BCUT2D eigenvalue weighted by Crippen LogP contribution is 2.21. The summed E-state index contributed by atoms with van der Waals surface area (Å²) >= 11 is 0. The summed E-state index contributed by atoms with van der Waals surface area (Å²) in [6, 6.07) is 12.9. The third-order valence-corrected chi connectivity index (χ3v) is 8.67. The van der Waals surface area contributed by atoms with Crippen molar-refractivity contribution >= 4 is 29.5 Å². The second kappa shape index (κ2) is 15.6. The lowest BCUT2D eigenvalue weighted by Crippen LogP contribution is -2.58. The number of aromatic nitrogens is 2. The van der Waals surface area contributed by atoms with Crippen molar-refractivity contribution in [2.24, 2.45) is 5.92 Å². The Morgan fingerprint density at radius 1 is 0.979 bits per heavy atom. The van der Waals surface area contributed by atoms with Crippen LogP contribution in [0.25, 0.3) is 0 Å². The maximum atomic E-state index is 13.6. The molecule has 1 fully saturated rings. The summed E-state index contributed by atoms with van der Waals surface area (Å²) in [5.74, 6) is -2.04. The maximum absolute atomic E-state index is 13.6. The standard InChI is InChI=1S/C35H43N7O6/c1-22(2)31-35(47)42-17-6-10-29(42)34(46)38-23(3)32(44)39-28(18-24-11-13-27(14-12-24)48-21-30(43)40-31)33(45)36-19-25-8-4-5-9-26(25)20-41-16-7-15-37-41/h4-5,7-9,11-16,22-23,28-29,31H,6,10,17-21H2,1-3H3,(H,36,45)(H,38,46)(H,39,44)(H,40,43)/t23-,28-,29-,31+/m0/s1.